The molecule has 0 unspecified atom stereocenters. The Morgan fingerprint density at radius 2 is 2.06 bits per heavy atom. The third-order valence-corrected chi connectivity index (χ3v) is 2.46. The van der Waals surface area contributed by atoms with E-state index in [1.54, 1.807) is 19.2 Å². The van der Waals surface area contributed by atoms with Gasteiger partial charge in [-0.3, -0.25) is 4.79 Å². The van der Waals surface area contributed by atoms with Crippen LogP contribution in [0.1, 0.15) is 0 Å². The maximum Gasteiger partial charge on any atom is 0.238 e. The van der Waals surface area contributed by atoms with E-state index in [0.717, 1.165) is 0 Å². The summed E-state index contributed by atoms with van der Waals surface area (Å²) in [6.07, 6.45) is 0. The molecule has 0 saturated heterocycles. The van der Waals surface area contributed by atoms with Gasteiger partial charge in [-0.1, -0.05) is 23.2 Å². The van der Waals surface area contributed by atoms with E-state index < -0.39 is 0 Å². The topological polar surface area (TPSA) is 50.4 Å². The number of carbonyl (C=O) groups is 1. The molecule has 0 spiro atoms. The van der Waals surface area contributed by atoms with E-state index >= 15 is 0 Å². The molecule has 1 aromatic rings. The van der Waals surface area contributed by atoms with Gasteiger partial charge in [-0.05, 0) is 13.1 Å². The maximum atomic E-state index is 11.3. The summed E-state index contributed by atoms with van der Waals surface area (Å²) in [6, 6.07) is 3.11. The van der Waals surface area contributed by atoms with Crippen LogP contribution < -0.4 is 15.4 Å². The van der Waals surface area contributed by atoms with Crippen molar-refractivity contribution in [2.24, 2.45) is 0 Å². The molecule has 88 valence electrons. The largest absolute Gasteiger partial charge is 0.495 e. The molecule has 0 bridgehead atoms. The molecule has 4 nitrogen and oxygen atoms in total. The number of hydrogen-bond acceptors (Lipinski definition) is 3. The second-order valence-electron chi connectivity index (χ2n) is 3.05. The predicted octanol–water partition coefficient (Wildman–Crippen LogP) is 2.16. The highest BCUT2D eigenvalue weighted by Crippen LogP contribution is 2.33. The number of nitrogens with one attached hydrogen (secondary N) is 2. The zero-order chi connectivity index (χ0) is 12.1. The number of anilines is 1. The lowest BCUT2D eigenvalue weighted by Crippen LogP contribution is -2.25. The normalized spacial score (nSPS) is 10.0. The van der Waals surface area contributed by atoms with Gasteiger partial charge in [0.2, 0.25) is 5.91 Å². The van der Waals surface area contributed by atoms with Crippen LogP contribution in [0.4, 0.5) is 5.69 Å². The molecular formula is C10H12Cl2N2O2. The van der Waals surface area contributed by atoms with Crippen LogP contribution in [0.25, 0.3) is 0 Å². The highest BCUT2D eigenvalue weighted by Gasteiger charge is 2.09. The van der Waals surface area contributed by atoms with E-state index in [0.29, 0.717) is 21.5 Å². The Kier molecular flexibility index (Phi) is 4.86. The Morgan fingerprint density at radius 1 is 1.38 bits per heavy atom. The molecule has 1 aromatic carbocycles. The summed E-state index contributed by atoms with van der Waals surface area (Å²) in [4.78, 5) is 11.3. The quantitative estimate of drug-likeness (QED) is 0.875. The number of ether oxygens (including phenoxy) is 1. The van der Waals surface area contributed by atoms with Crippen molar-refractivity contribution in [2.75, 3.05) is 26.0 Å². The molecule has 0 aliphatic rings. The minimum absolute atomic E-state index is 0.189. The summed E-state index contributed by atoms with van der Waals surface area (Å²) in [5, 5.41) is 6.14. The van der Waals surface area contributed by atoms with Crippen LogP contribution in [-0.4, -0.2) is 26.6 Å². The predicted molar refractivity (Wildman–Crippen MR) is 65.6 cm³/mol. The molecule has 0 aromatic heterocycles. The maximum absolute atomic E-state index is 11.3. The molecular weight excluding hydrogens is 251 g/mol. The van der Waals surface area contributed by atoms with E-state index in [-0.39, 0.29) is 12.5 Å². The van der Waals surface area contributed by atoms with Crippen LogP contribution in [0.15, 0.2) is 12.1 Å². The number of rotatable bonds is 4. The summed E-state index contributed by atoms with van der Waals surface area (Å²) >= 11 is 11.9. The number of carbonyl (C=O) groups excluding carboxylic acids is 1. The number of methoxy groups -OCH3 is 1. The number of halogens is 2. The molecule has 0 aliphatic carbocycles. The molecule has 2 N–H and O–H groups in total. The first-order valence-corrected chi connectivity index (χ1v) is 5.31. The van der Waals surface area contributed by atoms with Crippen molar-refractivity contribution in [2.45, 2.75) is 0 Å². The number of hydrogen-bond donors (Lipinski definition) is 2. The average molecular weight is 263 g/mol. The zero-order valence-corrected chi connectivity index (χ0v) is 10.4. The highest BCUT2D eigenvalue weighted by molar-refractivity contribution is 6.36. The summed E-state index contributed by atoms with van der Waals surface area (Å²) in [6.45, 7) is 0.208. The van der Waals surface area contributed by atoms with Crippen molar-refractivity contribution >= 4 is 34.8 Å². The first-order valence-electron chi connectivity index (χ1n) is 4.56. The molecule has 1 rings (SSSR count). The van der Waals surface area contributed by atoms with E-state index in [1.165, 1.54) is 7.11 Å². The number of likely N-dealkylation sites (N-methyl/N-ethyl adjacent to an activating group) is 1. The lowest BCUT2D eigenvalue weighted by atomic mass is 10.3. The van der Waals surface area contributed by atoms with Gasteiger partial charge in [0.1, 0.15) is 5.75 Å². The highest BCUT2D eigenvalue weighted by atomic mass is 35.5. The molecule has 0 saturated carbocycles. The summed E-state index contributed by atoms with van der Waals surface area (Å²) in [5.74, 6) is 0.281. The molecule has 0 aliphatic heterocycles. The van der Waals surface area contributed by atoms with Crippen LogP contribution in [0, 0.1) is 0 Å². The van der Waals surface area contributed by atoms with Crippen molar-refractivity contribution in [3.63, 3.8) is 0 Å². The van der Waals surface area contributed by atoms with Gasteiger partial charge in [-0.25, -0.2) is 0 Å². The van der Waals surface area contributed by atoms with Crippen LogP contribution in [0.3, 0.4) is 0 Å². The van der Waals surface area contributed by atoms with Gasteiger partial charge < -0.3 is 15.4 Å². The standard InChI is InChI=1S/C10H12Cl2N2O2/c1-13-5-10(15)14-8-3-7(12)9(16-2)4-6(8)11/h3-4,13H,5H2,1-2H3,(H,14,15). The van der Waals surface area contributed by atoms with Gasteiger partial charge in [-0.2, -0.15) is 0 Å². The van der Waals surface area contributed by atoms with Crippen LogP contribution in [-0.2, 0) is 4.79 Å². The average Bonchev–Trinajstić information content (AvgIpc) is 2.23. The van der Waals surface area contributed by atoms with Gasteiger partial charge in [0.05, 0.1) is 29.4 Å². The summed E-state index contributed by atoms with van der Waals surface area (Å²) in [7, 11) is 3.18. The zero-order valence-electron chi connectivity index (χ0n) is 8.93. The van der Waals surface area contributed by atoms with Crippen LogP contribution in [0.5, 0.6) is 5.75 Å². The summed E-state index contributed by atoms with van der Waals surface area (Å²) in [5.41, 5.74) is 0.465. The van der Waals surface area contributed by atoms with Crippen molar-refractivity contribution in [3.05, 3.63) is 22.2 Å². The van der Waals surface area contributed by atoms with E-state index in [4.69, 9.17) is 27.9 Å². The van der Waals surface area contributed by atoms with E-state index in [2.05, 4.69) is 10.6 Å². The monoisotopic (exact) mass is 262 g/mol. The smallest absolute Gasteiger partial charge is 0.238 e. The van der Waals surface area contributed by atoms with E-state index in [1.807, 2.05) is 0 Å². The Morgan fingerprint density at radius 3 is 2.62 bits per heavy atom. The third-order valence-electron chi connectivity index (χ3n) is 1.85. The van der Waals surface area contributed by atoms with Gasteiger partial charge in [0.15, 0.2) is 0 Å². The number of amides is 1. The minimum Gasteiger partial charge on any atom is -0.495 e. The lowest BCUT2D eigenvalue weighted by molar-refractivity contribution is -0.115. The van der Waals surface area contributed by atoms with Crippen molar-refractivity contribution < 1.29 is 9.53 Å². The molecule has 16 heavy (non-hydrogen) atoms. The second-order valence-corrected chi connectivity index (χ2v) is 3.86. The molecule has 0 fully saturated rings. The van der Waals surface area contributed by atoms with Gasteiger partial charge in [0.25, 0.3) is 0 Å². The molecule has 0 heterocycles. The van der Waals surface area contributed by atoms with Gasteiger partial charge in [-0.15, -0.1) is 0 Å². The fourth-order valence-corrected chi connectivity index (χ4v) is 1.58. The molecule has 0 radical (unpaired) electrons. The van der Waals surface area contributed by atoms with Crippen LogP contribution >= 0.6 is 23.2 Å². The first-order chi connectivity index (χ1) is 7.58. The van der Waals surface area contributed by atoms with E-state index in [9.17, 15) is 4.79 Å². The van der Waals surface area contributed by atoms with Crippen molar-refractivity contribution in [1.29, 1.82) is 0 Å². The third kappa shape index (κ3) is 3.27. The molecule has 6 heteroatoms. The van der Waals surface area contributed by atoms with Crippen molar-refractivity contribution in [3.8, 4) is 5.75 Å². The molecule has 0 atom stereocenters. The second kappa shape index (κ2) is 5.94. The lowest BCUT2D eigenvalue weighted by Gasteiger charge is -2.10. The fraction of sp³-hybridized carbons (Fsp3) is 0.300. The van der Waals surface area contributed by atoms with Crippen LogP contribution in [0.2, 0.25) is 10.0 Å². The Bertz CT molecular complexity index is 397. The Hall–Kier alpha value is -0.970. The van der Waals surface area contributed by atoms with Crippen molar-refractivity contribution in [1.82, 2.24) is 5.32 Å². The van der Waals surface area contributed by atoms with Gasteiger partial charge >= 0.3 is 0 Å². The van der Waals surface area contributed by atoms with Gasteiger partial charge in [0, 0.05) is 6.07 Å². The number of benzene rings is 1. The minimum atomic E-state index is -0.189. The fourth-order valence-electron chi connectivity index (χ4n) is 1.14. The summed E-state index contributed by atoms with van der Waals surface area (Å²) < 4.78 is 4.99. The first kappa shape index (κ1) is 13.1. The molecule has 1 amide bonds. The SMILES string of the molecule is CNCC(=O)Nc1cc(Cl)c(OC)cc1Cl. The Balaban J connectivity index is 2.89. The Labute approximate surface area is 104 Å².